The minimum Gasteiger partial charge on any atom is -0.319 e. The van der Waals surface area contributed by atoms with Crippen molar-refractivity contribution in [3.05, 3.63) is 34.8 Å². The fourth-order valence-corrected chi connectivity index (χ4v) is 2.58. The van der Waals surface area contributed by atoms with Gasteiger partial charge in [-0.1, -0.05) is 0 Å². The molecule has 0 aliphatic heterocycles. The summed E-state index contributed by atoms with van der Waals surface area (Å²) in [7, 11) is 0. The van der Waals surface area contributed by atoms with Crippen molar-refractivity contribution in [1.82, 2.24) is 9.38 Å². The van der Waals surface area contributed by atoms with Crippen LogP contribution in [0.15, 0.2) is 29.0 Å². The van der Waals surface area contributed by atoms with Crippen molar-refractivity contribution in [2.24, 2.45) is 5.73 Å². The van der Waals surface area contributed by atoms with Crippen LogP contribution in [-0.2, 0) is 5.54 Å². The van der Waals surface area contributed by atoms with E-state index in [1.54, 1.807) is 0 Å². The van der Waals surface area contributed by atoms with Gasteiger partial charge in [0, 0.05) is 10.7 Å². The molecule has 1 fully saturated rings. The molecular weight excluding hydrogens is 254 g/mol. The SMILES string of the molecule is NC1(c2ncc3c(Br)cccn23)CCC1. The topological polar surface area (TPSA) is 43.3 Å². The van der Waals surface area contributed by atoms with Crippen molar-refractivity contribution in [2.75, 3.05) is 0 Å². The van der Waals surface area contributed by atoms with Crippen molar-refractivity contribution in [3.63, 3.8) is 0 Å². The first-order valence-corrected chi connectivity index (χ1v) is 5.91. The molecule has 2 aromatic rings. The molecule has 0 amide bonds. The zero-order chi connectivity index (χ0) is 10.5. The van der Waals surface area contributed by atoms with E-state index in [9.17, 15) is 0 Å². The molecule has 3 rings (SSSR count). The van der Waals surface area contributed by atoms with Gasteiger partial charge in [0.15, 0.2) is 0 Å². The maximum Gasteiger partial charge on any atom is 0.133 e. The Labute approximate surface area is 96.4 Å². The Morgan fingerprint density at radius 3 is 2.93 bits per heavy atom. The molecule has 0 unspecified atom stereocenters. The van der Waals surface area contributed by atoms with E-state index < -0.39 is 0 Å². The summed E-state index contributed by atoms with van der Waals surface area (Å²) in [4.78, 5) is 4.46. The number of fused-ring (bicyclic) bond motifs is 1. The third-order valence-electron chi connectivity index (χ3n) is 3.21. The summed E-state index contributed by atoms with van der Waals surface area (Å²) in [5, 5.41) is 0. The van der Waals surface area contributed by atoms with Crippen LogP contribution in [0, 0.1) is 0 Å². The van der Waals surface area contributed by atoms with Crippen molar-refractivity contribution < 1.29 is 0 Å². The molecule has 0 saturated heterocycles. The summed E-state index contributed by atoms with van der Waals surface area (Å²) in [6.07, 6.45) is 7.19. The third-order valence-corrected chi connectivity index (χ3v) is 3.88. The lowest BCUT2D eigenvalue weighted by Gasteiger charge is -2.36. The van der Waals surface area contributed by atoms with Crippen LogP contribution in [0.4, 0.5) is 0 Å². The maximum absolute atomic E-state index is 6.29. The molecule has 2 N–H and O–H groups in total. The van der Waals surface area contributed by atoms with E-state index in [-0.39, 0.29) is 5.54 Å². The number of hydrogen-bond acceptors (Lipinski definition) is 2. The van der Waals surface area contributed by atoms with E-state index in [1.807, 2.05) is 24.5 Å². The van der Waals surface area contributed by atoms with Gasteiger partial charge in [0.25, 0.3) is 0 Å². The van der Waals surface area contributed by atoms with Crippen LogP contribution in [-0.4, -0.2) is 9.38 Å². The Hall–Kier alpha value is -0.870. The van der Waals surface area contributed by atoms with E-state index in [2.05, 4.69) is 25.3 Å². The van der Waals surface area contributed by atoms with Gasteiger partial charge >= 0.3 is 0 Å². The van der Waals surface area contributed by atoms with E-state index in [1.165, 1.54) is 6.42 Å². The zero-order valence-electron chi connectivity index (χ0n) is 8.28. The van der Waals surface area contributed by atoms with Crippen LogP contribution in [0.1, 0.15) is 25.1 Å². The van der Waals surface area contributed by atoms with Gasteiger partial charge in [0.1, 0.15) is 5.82 Å². The standard InChI is InChI=1S/C11H12BrN3/c12-8-3-1-6-15-9(8)7-14-10(15)11(13)4-2-5-11/h1,3,6-7H,2,4-5,13H2. The fourth-order valence-electron chi connectivity index (χ4n) is 2.14. The van der Waals surface area contributed by atoms with E-state index in [0.717, 1.165) is 28.7 Å². The van der Waals surface area contributed by atoms with E-state index >= 15 is 0 Å². The second-order valence-corrected chi connectivity index (χ2v) is 5.06. The summed E-state index contributed by atoms with van der Waals surface area (Å²) >= 11 is 3.52. The molecule has 0 radical (unpaired) electrons. The molecule has 2 aromatic heterocycles. The second kappa shape index (κ2) is 3.06. The molecule has 0 atom stereocenters. The molecule has 0 aromatic carbocycles. The first-order valence-electron chi connectivity index (χ1n) is 5.12. The van der Waals surface area contributed by atoms with Crippen LogP contribution in [0.5, 0.6) is 0 Å². The Bertz CT molecular complexity index is 514. The highest BCUT2D eigenvalue weighted by molar-refractivity contribution is 9.10. The molecule has 0 spiro atoms. The van der Waals surface area contributed by atoms with Crippen molar-refractivity contribution in [2.45, 2.75) is 24.8 Å². The van der Waals surface area contributed by atoms with Crippen LogP contribution in [0.3, 0.4) is 0 Å². The summed E-state index contributed by atoms with van der Waals surface area (Å²) in [5.41, 5.74) is 7.17. The molecule has 1 saturated carbocycles. The third kappa shape index (κ3) is 1.25. The minimum atomic E-state index is -0.201. The number of nitrogens with zero attached hydrogens (tertiary/aromatic N) is 2. The second-order valence-electron chi connectivity index (χ2n) is 4.20. The van der Waals surface area contributed by atoms with Crippen LogP contribution < -0.4 is 5.73 Å². The minimum absolute atomic E-state index is 0.201. The summed E-state index contributed by atoms with van der Waals surface area (Å²) < 4.78 is 3.15. The highest BCUT2D eigenvalue weighted by Gasteiger charge is 2.38. The van der Waals surface area contributed by atoms with Crippen molar-refractivity contribution in [1.29, 1.82) is 0 Å². The predicted octanol–water partition coefficient (Wildman–Crippen LogP) is 2.43. The van der Waals surface area contributed by atoms with Gasteiger partial charge in [-0.15, -0.1) is 0 Å². The summed E-state index contributed by atoms with van der Waals surface area (Å²) in [5.74, 6) is 0.991. The number of hydrogen-bond donors (Lipinski definition) is 1. The fraction of sp³-hybridized carbons (Fsp3) is 0.364. The molecule has 2 heterocycles. The van der Waals surface area contributed by atoms with Crippen LogP contribution in [0.25, 0.3) is 5.52 Å². The molecular formula is C11H12BrN3. The Kier molecular flexibility index (Phi) is 1.91. The lowest BCUT2D eigenvalue weighted by atomic mass is 9.77. The monoisotopic (exact) mass is 265 g/mol. The van der Waals surface area contributed by atoms with Gasteiger partial charge in [0.2, 0.25) is 0 Å². The van der Waals surface area contributed by atoms with E-state index in [4.69, 9.17) is 5.73 Å². The largest absolute Gasteiger partial charge is 0.319 e. The summed E-state index contributed by atoms with van der Waals surface area (Å²) in [6, 6.07) is 4.02. The molecule has 4 heteroatoms. The first kappa shape index (κ1) is 9.36. The average Bonchev–Trinajstić information content (AvgIpc) is 2.60. The van der Waals surface area contributed by atoms with Crippen molar-refractivity contribution >= 4 is 21.4 Å². The number of rotatable bonds is 1. The van der Waals surface area contributed by atoms with Gasteiger partial charge in [0.05, 0.1) is 17.3 Å². The number of aromatic nitrogens is 2. The van der Waals surface area contributed by atoms with Crippen LogP contribution >= 0.6 is 15.9 Å². The molecule has 1 aliphatic rings. The van der Waals surface area contributed by atoms with E-state index in [0.29, 0.717) is 0 Å². The Balaban J connectivity index is 2.24. The maximum atomic E-state index is 6.29. The number of nitrogens with two attached hydrogens (primary N) is 1. The highest BCUT2D eigenvalue weighted by atomic mass is 79.9. The lowest BCUT2D eigenvalue weighted by Crippen LogP contribution is -2.44. The summed E-state index contributed by atoms with van der Waals surface area (Å²) in [6.45, 7) is 0. The number of imidazole rings is 1. The lowest BCUT2D eigenvalue weighted by molar-refractivity contribution is 0.237. The average molecular weight is 266 g/mol. The van der Waals surface area contributed by atoms with Gasteiger partial charge in [-0.3, -0.25) is 0 Å². The smallest absolute Gasteiger partial charge is 0.133 e. The molecule has 15 heavy (non-hydrogen) atoms. The molecule has 3 nitrogen and oxygen atoms in total. The van der Waals surface area contributed by atoms with Gasteiger partial charge in [-0.05, 0) is 47.3 Å². The molecule has 0 bridgehead atoms. The number of halogens is 1. The van der Waals surface area contributed by atoms with Crippen LogP contribution in [0.2, 0.25) is 0 Å². The Morgan fingerprint density at radius 2 is 2.27 bits per heavy atom. The number of pyridine rings is 1. The van der Waals surface area contributed by atoms with Crippen molar-refractivity contribution in [3.8, 4) is 0 Å². The molecule has 1 aliphatic carbocycles. The Morgan fingerprint density at radius 1 is 1.47 bits per heavy atom. The van der Waals surface area contributed by atoms with Gasteiger partial charge in [-0.2, -0.15) is 0 Å². The highest BCUT2D eigenvalue weighted by Crippen LogP contribution is 2.38. The first-order chi connectivity index (χ1) is 7.21. The molecule has 78 valence electrons. The predicted molar refractivity (Wildman–Crippen MR) is 62.6 cm³/mol. The zero-order valence-corrected chi connectivity index (χ0v) is 9.87. The van der Waals surface area contributed by atoms with Gasteiger partial charge < -0.3 is 10.1 Å². The van der Waals surface area contributed by atoms with Gasteiger partial charge in [-0.25, -0.2) is 4.98 Å². The normalized spacial score (nSPS) is 19.1. The quantitative estimate of drug-likeness (QED) is 0.861.